The van der Waals surface area contributed by atoms with E-state index in [0.717, 1.165) is 16.6 Å². The van der Waals surface area contributed by atoms with Gasteiger partial charge < -0.3 is 4.98 Å². The molecule has 4 heteroatoms. The minimum atomic E-state index is 0.349. The fourth-order valence-corrected chi connectivity index (χ4v) is 1.38. The monoisotopic (exact) mass is 194 g/mol. The summed E-state index contributed by atoms with van der Waals surface area (Å²) in [6, 6.07) is 5.63. The molecule has 0 bridgehead atoms. The first kappa shape index (κ1) is 8.26. The van der Waals surface area contributed by atoms with Crippen molar-refractivity contribution in [1.82, 2.24) is 9.97 Å². The van der Waals surface area contributed by atoms with E-state index in [0.29, 0.717) is 18.0 Å². The molecule has 1 aromatic heterocycles. The number of fused-ring (bicyclic) bond motifs is 1. The van der Waals surface area contributed by atoms with Gasteiger partial charge in [0.15, 0.2) is 12.1 Å². The van der Waals surface area contributed by atoms with Crippen LogP contribution in [0.2, 0.25) is 0 Å². The zero-order chi connectivity index (χ0) is 9.26. The van der Waals surface area contributed by atoms with Crippen LogP contribution in [-0.4, -0.2) is 16.3 Å². The van der Waals surface area contributed by atoms with Gasteiger partial charge in [-0.1, -0.05) is 6.07 Å². The van der Waals surface area contributed by atoms with E-state index in [1.165, 1.54) is 0 Å². The Bertz CT molecular complexity index is 450. The summed E-state index contributed by atoms with van der Waals surface area (Å²) in [5, 5.41) is 0. The van der Waals surface area contributed by atoms with Gasteiger partial charge in [0, 0.05) is 5.88 Å². The molecule has 1 N–H and O–H groups in total. The second-order valence-electron chi connectivity index (χ2n) is 2.73. The van der Waals surface area contributed by atoms with Crippen molar-refractivity contribution in [2.75, 3.05) is 0 Å². The third-order valence-corrected chi connectivity index (χ3v) is 2.14. The zero-order valence-electron chi connectivity index (χ0n) is 6.75. The van der Waals surface area contributed by atoms with Crippen LogP contribution in [0.5, 0.6) is 0 Å². The number of halogens is 1. The predicted octanol–water partition coefficient (Wildman–Crippen LogP) is 2.11. The molecule has 0 amide bonds. The summed E-state index contributed by atoms with van der Waals surface area (Å²) in [6.07, 6.45) is 0.695. The molecule has 0 aliphatic heterocycles. The minimum Gasteiger partial charge on any atom is -0.336 e. The lowest BCUT2D eigenvalue weighted by Crippen LogP contribution is -1.79. The predicted molar refractivity (Wildman–Crippen MR) is 51.0 cm³/mol. The van der Waals surface area contributed by atoms with Crippen LogP contribution < -0.4 is 0 Å². The molecule has 1 heterocycles. The molecule has 13 heavy (non-hydrogen) atoms. The summed E-state index contributed by atoms with van der Waals surface area (Å²) >= 11 is 5.66. The summed E-state index contributed by atoms with van der Waals surface area (Å²) in [5.74, 6) is 0.812. The van der Waals surface area contributed by atoms with Crippen molar-refractivity contribution in [3.05, 3.63) is 29.6 Å². The Labute approximate surface area is 79.7 Å². The Balaban J connectivity index is 2.63. The molecule has 0 aliphatic rings. The van der Waals surface area contributed by atoms with Gasteiger partial charge in [0.05, 0.1) is 11.0 Å². The molecular weight excluding hydrogens is 188 g/mol. The van der Waals surface area contributed by atoms with Gasteiger partial charge in [0.1, 0.15) is 0 Å². The highest BCUT2D eigenvalue weighted by Gasteiger charge is 2.01. The minimum absolute atomic E-state index is 0.349. The molecule has 1 aromatic carbocycles. The summed E-state index contributed by atoms with van der Waals surface area (Å²) in [6.45, 7) is 0. The Hall–Kier alpha value is -1.35. The first-order valence-electron chi connectivity index (χ1n) is 3.83. The number of aldehydes is 1. The Morgan fingerprint density at radius 1 is 1.54 bits per heavy atom. The first-order chi connectivity index (χ1) is 6.33. The van der Waals surface area contributed by atoms with E-state index in [2.05, 4.69) is 9.97 Å². The largest absolute Gasteiger partial charge is 0.336 e. The molecule has 0 saturated heterocycles. The Morgan fingerprint density at radius 3 is 3.08 bits per heavy atom. The van der Waals surface area contributed by atoms with Crippen LogP contribution in [0.4, 0.5) is 0 Å². The summed E-state index contributed by atoms with van der Waals surface area (Å²) < 4.78 is 0. The van der Waals surface area contributed by atoms with Crippen molar-refractivity contribution in [3.8, 4) is 0 Å². The van der Waals surface area contributed by atoms with Crippen LogP contribution in [0.25, 0.3) is 11.0 Å². The molecule has 0 saturated carbocycles. The van der Waals surface area contributed by atoms with Gasteiger partial charge in [-0.3, -0.25) is 4.79 Å². The number of nitrogens with one attached hydrogen (secondary N) is 1. The molecule has 2 rings (SSSR count). The number of carbonyl (C=O) groups excluding carboxylic acids is 1. The van der Waals surface area contributed by atoms with Crippen molar-refractivity contribution in [2.45, 2.75) is 5.88 Å². The summed E-state index contributed by atoms with van der Waals surface area (Å²) in [4.78, 5) is 17.3. The van der Waals surface area contributed by atoms with Gasteiger partial charge in [-0.25, -0.2) is 4.98 Å². The first-order valence-corrected chi connectivity index (χ1v) is 4.36. The van der Waals surface area contributed by atoms with Crippen LogP contribution in [0.15, 0.2) is 18.2 Å². The molecule has 0 radical (unpaired) electrons. The third-order valence-electron chi connectivity index (χ3n) is 1.83. The third kappa shape index (κ3) is 1.42. The van der Waals surface area contributed by atoms with E-state index < -0.39 is 0 Å². The fourth-order valence-electron chi connectivity index (χ4n) is 1.22. The molecule has 3 nitrogen and oxygen atoms in total. The van der Waals surface area contributed by atoms with Gasteiger partial charge in [-0.2, -0.15) is 0 Å². The Kier molecular flexibility index (Phi) is 2.02. The maximum atomic E-state index is 10.4. The lowest BCUT2D eigenvalue weighted by molar-refractivity contribution is 0.111. The highest BCUT2D eigenvalue weighted by Crippen LogP contribution is 2.14. The van der Waals surface area contributed by atoms with E-state index in [4.69, 9.17) is 11.6 Å². The summed E-state index contributed by atoms with van der Waals surface area (Å²) in [5.41, 5.74) is 2.64. The molecule has 0 atom stereocenters. The number of nitrogens with zero attached hydrogens (tertiary/aromatic N) is 1. The molecule has 0 unspecified atom stereocenters. The molecule has 0 aliphatic carbocycles. The van der Waals surface area contributed by atoms with E-state index in [1.54, 1.807) is 0 Å². The van der Waals surface area contributed by atoms with Crippen LogP contribution in [-0.2, 0) is 5.88 Å². The van der Waals surface area contributed by atoms with Gasteiger partial charge in [0.25, 0.3) is 0 Å². The van der Waals surface area contributed by atoms with Crippen molar-refractivity contribution >= 4 is 28.9 Å². The number of benzene rings is 1. The van der Waals surface area contributed by atoms with Crippen molar-refractivity contribution < 1.29 is 4.79 Å². The van der Waals surface area contributed by atoms with E-state index in [-0.39, 0.29) is 0 Å². The van der Waals surface area contributed by atoms with E-state index >= 15 is 0 Å². The normalized spacial score (nSPS) is 10.5. The number of alkyl halides is 1. The quantitative estimate of drug-likeness (QED) is 0.588. The fraction of sp³-hybridized carbons (Fsp3) is 0.111. The second-order valence-corrected chi connectivity index (χ2v) is 2.99. The van der Waals surface area contributed by atoms with Gasteiger partial charge in [-0.15, -0.1) is 11.6 Å². The number of imidazole rings is 1. The number of hydrogen-bond acceptors (Lipinski definition) is 2. The number of rotatable bonds is 2. The van der Waals surface area contributed by atoms with Gasteiger partial charge in [0.2, 0.25) is 0 Å². The molecule has 0 spiro atoms. The SMILES string of the molecule is O=Cc1nc2ccc(CCl)cc2[nH]1. The molecule has 0 fully saturated rings. The van der Waals surface area contributed by atoms with E-state index in [9.17, 15) is 4.79 Å². The second kappa shape index (κ2) is 3.18. The highest BCUT2D eigenvalue weighted by molar-refractivity contribution is 6.17. The maximum Gasteiger partial charge on any atom is 0.185 e. The Morgan fingerprint density at radius 2 is 2.38 bits per heavy atom. The van der Waals surface area contributed by atoms with Gasteiger partial charge >= 0.3 is 0 Å². The zero-order valence-corrected chi connectivity index (χ0v) is 7.51. The number of hydrogen-bond donors (Lipinski definition) is 1. The van der Waals surface area contributed by atoms with Crippen LogP contribution >= 0.6 is 11.6 Å². The molecule has 66 valence electrons. The maximum absolute atomic E-state index is 10.4. The lowest BCUT2D eigenvalue weighted by Gasteiger charge is -1.92. The number of H-pyrrole nitrogens is 1. The van der Waals surface area contributed by atoms with Gasteiger partial charge in [-0.05, 0) is 17.7 Å². The van der Waals surface area contributed by atoms with E-state index in [1.807, 2.05) is 18.2 Å². The smallest absolute Gasteiger partial charge is 0.185 e. The van der Waals surface area contributed by atoms with Crippen molar-refractivity contribution in [2.24, 2.45) is 0 Å². The average molecular weight is 195 g/mol. The topological polar surface area (TPSA) is 45.8 Å². The van der Waals surface area contributed by atoms with Crippen molar-refractivity contribution in [3.63, 3.8) is 0 Å². The van der Waals surface area contributed by atoms with Crippen molar-refractivity contribution in [1.29, 1.82) is 0 Å². The highest BCUT2D eigenvalue weighted by atomic mass is 35.5. The molecular formula is C9H7ClN2O. The van der Waals surface area contributed by atoms with Crippen LogP contribution in [0, 0.1) is 0 Å². The lowest BCUT2D eigenvalue weighted by atomic mass is 10.2. The average Bonchev–Trinajstić information content (AvgIpc) is 2.58. The number of aromatic nitrogens is 2. The van der Waals surface area contributed by atoms with Crippen LogP contribution in [0.1, 0.15) is 16.2 Å². The number of aromatic amines is 1. The molecule has 2 aromatic rings. The van der Waals surface area contributed by atoms with Crippen LogP contribution in [0.3, 0.4) is 0 Å². The summed E-state index contributed by atoms with van der Waals surface area (Å²) in [7, 11) is 0. The number of carbonyl (C=O) groups is 1. The standard InChI is InChI=1S/C9H7ClN2O/c10-4-6-1-2-7-8(3-6)12-9(5-13)11-7/h1-3,5H,4H2,(H,11,12).